The van der Waals surface area contributed by atoms with Gasteiger partial charge in [0.25, 0.3) is 0 Å². The lowest BCUT2D eigenvalue weighted by molar-refractivity contribution is -0.121. The van der Waals surface area contributed by atoms with E-state index in [0.717, 1.165) is 29.3 Å². The van der Waals surface area contributed by atoms with Gasteiger partial charge in [-0.1, -0.05) is 42.5 Å². The average molecular weight is 469 g/mol. The Bertz CT molecular complexity index is 1130. The van der Waals surface area contributed by atoms with Crippen LogP contribution in [0.15, 0.2) is 71.6 Å². The van der Waals surface area contributed by atoms with Crippen LogP contribution in [0.1, 0.15) is 42.2 Å². The standard InChI is InChI=1S/C26H26F2N2O2S/c1-32-25-21(12-13-23(27)24(25)28)20-11-10-17(16-6-3-2-4-7-16)14-22(20)26(31)30-18-8-5-9-19(15-18)33-29/h2-9,12-13,15,17,20,22H,10-11,14,29H2,1H3,(H,30,31). The van der Waals surface area contributed by atoms with E-state index in [4.69, 9.17) is 9.88 Å². The number of nitrogens with one attached hydrogen (secondary N) is 1. The minimum atomic E-state index is -1.02. The molecule has 33 heavy (non-hydrogen) atoms. The molecule has 1 saturated carbocycles. The van der Waals surface area contributed by atoms with Crippen LogP contribution in [0.4, 0.5) is 14.5 Å². The van der Waals surface area contributed by atoms with Gasteiger partial charge < -0.3 is 10.1 Å². The van der Waals surface area contributed by atoms with Crippen molar-refractivity contribution in [3.8, 4) is 5.75 Å². The van der Waals surface area contributed by atoms with E-state index in [0.29, 0.717) is 24.1 Å². The number of ether oxygens (including phenoxy) is 1. The Kier molecular flexibility index (Phi) is 7.30. The quantitative estimate of drug-likeness (QED) is 0.420. The molecule has 1 amide bonds. The van der Waals surface area contributed by atoms with Gasteiger partial charge in [0.2, 0.25) is 11.7 Å². The molecule has 1 fully saturated rings. The maximum Gasteiger partial charge on any atom is 0.228 e. The molecule has 4 nitrogen and oxygen atoms in total. The molecule has 3 atom stereocenters. The second-order valence-electron chi connectivity index (χ2n) is 8.25. The molecule has 4 rings (SSSR count). The molecule has 0 heterocycles. The van der Waals surface area contributed by atoms with Gasteiger partial charge >= 0.3 is 0 Å². The molecule has 3 aromatic carbocycles. The maximum atomic E-state index is 14.5. The van der Waals surface area contributed by atoms with E-state index in [1.807, 2.05) is 42.5 Å². The van der Waals surface area contributed by atoms with Crippen LogP contribution in [0, 0.1) is 17.6 Å². The predicted molar refractivity (Wildman–Crippen MR) is 127 cm³/mol. The Morgan fingerprint density at radius 1 is 1.06 bits per heavy atom. The molecule has 0 aromatic heterocycles. The highest BCUT2D eigenvalue weighted by Crippen LogP contribution is 2.47. The van der Waals surface area contributed by atoms with E-state index >= 15 is 0 Å². The molecule has 0 radical (unpaired) electrons. The Balaban J connectivity index is 1.68. The zero-order valence-corrected chi connectivity index (χ0v) is 19.1. The van der Waals surface area contributed by atoms with Gasteiger partial charge in [-0.2, -0.15) is 4.39 Å². The van der Waals surface area contributed by atoms with Crippen molar-refractivity contribution in [2.75, 3.05) is 12.4 Å². The first-order valence-electron chi connectivity index (χ1n) is 10.9. The smallest absolute Gasteiger partial charge is 0.228 e. The number of rotatable bonds is 6. The second kappa shape index (κ2) is 10.4. The van der Waals surface area contributed by atoms with Crippen molar-refractivity contribution in [1.82, 2.24) is 0 Å². The van der Waals surface area contributed by atoms with Crippen LogP contribution < -0.4 is 15.2 Å². The summed E-state index contributed by atoms with van der Waals surface area (Å²) in [4.78, 5) is 14.4. The summed E-state index contributed by atoms with van der Waals surface area (Å²) >= 11 is 1.10. The molecular weight excluding hydrogens is 442 g/mol. The van der Waals surface area contributed by atoms with Crippen LogP contribution in [0.5, 0.6) is 5.75 Å². The van der Waals surface area contributed by atoms with Crippen LogP contribution in [-0.2, 0) is 4.79 Å². The highest BCUT2D eigenvalue weighted by Gasteiger charge is 2.38. The van der Waals surface area contributed by atoms with Crippen molar-refractivity contribution in [3.05, 3.63) is 89.5 Å². The van der Waals surface area contributed by atoms with Crippen molar-refractivity contribution >= 4 is 23.5 Å². The summed E-state index contributed by atoms with van der Waals surface area (Å²) in [5.41, 5.74) is 2.34. The number of amides is 1. The fraction of sp³-hybridized carbons (Fsp3) is 0.269. The van der Waals surface area contributed by atoms with Crippen LogP contribution in [0.2, 0.25) is 0 Å². The van der Waals surface area contributed by atoms with Crippen molar-refractivity contribution in [2.24, 2.45) is 11.1 Å². The molecule has 1 aliphatic rings. The zero-order valence-electron chi connectivity index (χ0n) is 18.3. The van der Waals surface area contributed by atoms with Crippen molar-refractivity contribution in [2.45, 2.75) is 36.0 Å². The molecule has 3 unspecified atom stereocenters. The SMILES string of the molecule is COc1c(C2CCC(c3ccccc3)CC2C(=O)Nc2cccc(SN)c2)ccc(F)c1F. The molecule has 1 aliphatic carbocycles. The van der Waals surface area contributed by atoms with Crippen molar-refractivity contribution in [3.63, 3.8) is 0 Å². The Morgan fingerprint density at radius 2 is 1.85 bits per heavy atom. The molecule has 0 aliphatic heterocycles. The largest absolute Gasteiger partial charge is 0.493 e. The van der Waals surface area contributed by atoms with Gasteiger partial charge in [-0.15, -0.1) is 0 Å². The molecule has 0 bridgehead atoms. The minimum Gasteiger partial charge on any atom is -0.493 e. The lowest BCUT2D eigenvalue weighted by Gasteiger charge is -2.36. The maximum absolute atomic E-state index is 14.5. The molecule has 0 saturated heterocycles. The molecule has 3 N–H and O–H groups in total. The van der Waals surface area contributed by atoms with Gasteiger partial charge in [0, 0.05) is 22.1 Å². The van der Waals surface area contributed by atoms with Gasteiger partial charge in [0.1, 0.15) is 0 Å². The summed E-state index contributed by atoms with van der Waals surface area (Å²) in [5.74, 6) is -2.83. The molecule has 3 aromatic rings. The number of hydrogen-bond acceptors (Lipinski definition) is 4. The van der Waals surface area contributed by atoms with Crippen LogP contribution in [0.25, 0.3) is 0 Å². The lowest BCUT2D eigenvalue weighted by atomic mass is 9.69. The monoisotopic (exact) mass is 468 g/mol. The van der Waals surface area contributed by atoms with Crippen molar-refractivity contribution < 1.29 is 18.3 Å². The van der Waals surface area contributed by atoms with E-state index in [1.54, 1.807) is 0 Å². The molecule has 7 heteroatoms. The summed E-state index contributed by atoms with van der Waals surface area (Å²) in [6, 6.07) is 20.0. The van der Waals surface area contributed by atoms with E-state index in [1.165, 1.54) is 18.7 Å². The molecule has 0 spiro atoms. The summed E-state index contributed by atoms with van der Waals surface area (Å²) in [5, 5.41) is 8.66. The van der Waals surface area contributed by atoms with E-state index < -0.39 is 17.6 Å². The normalized spacial score (nSPS) is 20.3. The number of benzene rings is 3. The zero-order chi connectivity index (χ0) is 23.4. The Hall–Kier alpha value is -2.90. The highest BCUT2D eigenvalue weighted by molar-refractivity contribution is 7.97. The van der Waals surface area contributed by atoms with Crippen molar-refractivity contribution in [1.29, 1.82) is 0 Å². The number of methoxy groups -OCH3 is 1. The summed E-state index contributed by atoms with van der Waals surface area (Å²) < 4.78 is 33.6. The predicted octanol–water partition coefficient (Wildman–Crippen LogP) is 6.25. The topological polar surface area (TPSA) is 64.3 Å². The number of halogens is 2. The number of hydrogen-bond donors (Lipinski definition) is 2. The first-order chi connectivity index (χ1) is 16.0. The second-order valence-corrected chi connectivity index (χ2v) is 8.96. The number of nitrogens with two attached hydrogens (primary N) is 1. The fourth-order valence-corrected chi connectivity index (χ4v) is 5.14. The third-order valence-electron chi connectivity index (χ3n) is 6.38. The molecular formula is C26H26F2N2O2S. The van der Waals surface area contributed by atoms with Gasteiger partial charge in [0.15, 0.2) is 11.6 Å². The van der Waals surface area contributed by atoms with E-state index in [9.17, 15) is 13.6 Å². The van der Waals surface area contributed by atoms with Gasteiger partial charge in [-0.3, -0.25) is 9.93 Å². The first-order valence-corrected chi connectivity index (χ1v) is 11.7. The number of anilines is 1. The van der Waals surface area contributed by atoms with Gasteiger partial charge in [-0.05, 0) is 72.9 Å². The Labute approximate surface area is 196 Å². The minimum absolute atomic E-state index is 0.127. The summed E-state index contributed by atoms with van der Waals surface area (Å²) in [7, 11) is 1.32. The van der Waals surface area contributed by atoms with Crippen LogP contribution in [-0.4, -0.2) is 13.0 Å². The fourth-order valence-electron chi connectivity index (χ4n) is 4.79. The average Bonchev–Trinajstić information content (AvgIpc) is 2.86. The number of carbonyl (C=O) groups excluding carboxylic acids is 1. The van der Waals surface area contributed by atoms with Crippen LogP contribution in [0.3, 0.4) is 0 Å². The third kappa shape index (κ3) is 5.04. The van der Waals surface area contributed by atoms with Gasteiger partial charge in [-0.25, -0.2) is 4.39 Å². The summed E-state index contributed by atoms with van der Waals surface area (Å²) in [6.45, 7) is 0. The van der Waals surface area contributed by atoms with Gasteiger partial charge in [0.05, 0.1) is 7.11 Å². The lowest BCUT2D eigenvalue weighted by Crippen LogP contribution is -2.33. The highest BCUT2D eigenvalue weighted by atomic mass is 32.2. The van der Waals surface area contributed by atoms with E-state index in [2.05, 4.69) is 17.4 Å². The van der Waals surface area contributed by atoms with Crippen LogP contribution >= 0.6 is 11.9 Å². The Morgan fingerprint density at radius 3 is 2.58 bits per heavy atom. The van der Waals surface area contributed by atoms with E-state index in [-0.39, 0.29) is 23.5 Å². The third-order valence-corrected chi connectivity index (χ3v) is 6.91. The number of carbonyl (C=O) groups is 1. The first kappa shape index (κ1) is 23.3. The molecule has 172 valence electrons. The summed E-state index contributed by atoms with van der Waals surface area (Å²) in [6.07, 6.45) is 2.08.